The molecular formula is C19H26O5Si. The number of hydrogen-bond acceptors (Lipinski definition) is 5. The lowest BCUT2D eigenvalue weighted by Crippen LogP contribution is -2.36. The van der Waals surface area contributed by atoms with Gasteiger partial charge >= 0.3 is 11.9 Å². The molecule has 0 aliphatic heterocycles. The van der Waals surface area contributed by atoms with Crippen molar-refractivity contribution in [2.24, 2.45) is 0 Å². The molecule has 1 aliphatic carbocycles. The van der Waals surface area contributed by atoms with Gasteiger partial charge in [0.1, 0.15) is 12.2 Å². The van der Waals surface area contributed by atoms with Crippen LogP contribution in [0.25, 0.3) is 5.57 Å². The molecule has 0 amide bonds. The van der Waals surface area contributed by atoms with Crippen LogP contribution in [0.1, 0.15) is 24.0 Å². The second kappa shape index (κ2) is 7.43. The highest BCUT2D eigenvalue weighted by Crippen LogP contribution is 2.61. The highest BCUT2D eigenvalue weighted by atomic mass is 28.3. The number of rotatable bonds is 7. The summed E-state index contributed by atoms with van der Waals surface area (Å²) >= 11 is 0. The molecule has 0 N–H and O–H groups in total. The highest BCUT2D eigenvalue weighted by molar-refractivity contribution is 6.83. The highest BCUT2D eigenvalue weighted by Gasteiger charge is 2.59. The number of benzene rings is 1. The average Bonchev–Trinajstić information content (AvgIpc) is 3.39. The third-order valence-corrected chi connectivity index (χ3v) is 8.46. The van der Waals surface area contributed by atoms with Gasteiger partial charge in [-0.2, -0.15) is 0 Å². The third kappa shape index (κ3) is 3.95. The molecule has 0 radical (unpaired) electrons. The molecule has 136 valence electrons. The largest absolute Gasteiger partial charge is 0.503 e. The molecule has 1 aromatic carbocycles. The van der Waals surface area contributed by atoms with Crippen LogP contribution in [0, 0.1) is 0 Å². The normalized spacial score (nSPS) is 16.1. The Bertz CT molecular complexity index is 683. The predicted molar refractivity (Wildman–Crippen MR) is 98.5 cm³/mol. The van der Waals surface area contributed by atoms with Crippen LogP contribution < -0.4 is 0 Å². The van der Waals surface area contributed by atoms with Crippen LogP contribution in [-0.4, -0.2) is 34.2 Å². The Morgan fingerprint density at radius 1 is 1.16 bits per heavy atom. The van der Waals surface area contributed by atoms with Gasteiger partial charge in [-0.1, -0.05) is 43.9 Å². The SMILES string of the molecule is CO/C=C(\C(=O)OC)c1ccccc1COC(=O)C1([Si](C)(C)C)CC1. The molecule has 0 heterocycles. The first-order chi connectivity index (χ1) is 11.8. The number of carbonyl (C=O) groups is 2. The van der Waals surface area contributed by atoms with Gasteiger partial charge in [0.15, 0.2) is 0 Å². The van der Waals surface area contributed by atoms with E-state index in [2.05, 4.69) is 19.6 Å². The van der Waals surface area contributed by atoms with E-state index in [1.165, 1.54) is 20.5 Å². The second-order valence-electron chi connectivity index (χ2n) is 7.32. The lowest BCUT2D eigenvalue weighted by Gasteiger charge is -2.26. The zero-order valence-corrected chi connectivity index (χ0v) is 16.5. The lowest BCUT2D eigenvalue weighted by molar-refractivity contribution is -0.146. The molecule has 1 aromatic rings. The Morgan fingerprint density at radius 3 is 2.32 bits per heavy atom. The van der Waals surface area contributed by atoms with Crippen molar-refractivity contribution in [2.75, 3.05) is 14.2 Å². The Balaban J connectivity index is 2.20. The zero-order valence-electron chi connectivity index (χ0n) is 15.5. The fraction of sp³-hybridized carbons (Fsp3) is 0.474. The molecule has 25 heavy (non-hydrogen) atoms. The minimum atomic E-state index is -1.63. The fourth-order valence-electron chi connectivity index (χ4n) is 3.03. The number of esters is 2. The van der Waals surface area contributed by atoms with Crippen LogP contribution >= 0.6 is 0 Å². The van der Waals surface area contributed by atoms with E-state index >= 15 is 0 Å². The molecule has 2 rings (SSSR count). The molecule has 0 spiro atoms. The maximum atomic E-state index is 12.6. The maximum Gasteiger partial charge on any atom is 0.341 e. The molecule has 1 fully saturated rings. The summed E-state index contributed by atoms with van der Waals surface area (Å²) < 4.78 is 15.5. The van der Waals surface area contributed by atoms with E-state index in [1.54, 1.807) is 6.07 Å². The second-order valence-corrected chi connectivity index (χ2v) is 12.8. The lowest BCUT2D eigenvalue weighted by atomic mass is 10.0. The summed E-state index contributed by atoms with van der Waals surface area (Å²) in [5, 5.41) is -0.254. The minimum Gasteiger partial charge on any atom is -0.503 e. The van der Waals surface area contributed by atoms with Crippen LogP contribution in [-0.2, 0) is 30.4 Å². The molecule has 0 aromatic heterocycles. The van der Waals surface area contributed by atoms with E-state index in [0.29, 0.717) is 11.1 Å². The number of ether oxygens (including phenoxy) is 3. The van der Waals surface area contributed by atoms with Gasteiger partial charge in [0.05, 0.1) is 33.6 Å². The van der Waals surface area contributed by atoms with Crippen LogP contribution in [0.4, 0.5) is 0 Å². The van der Waals surface area contributed by atoms with Crippen LogP contribution in [0.15, 0.2) is 30.5 Å². The molecule has 5 nitrogen and oxygen atoms in total. The van der Waals surface area contributed by atoms with Crippen molar-refractivity contribution in [3.63, 3.8) is 0 Å². The Kier molecular flexibility index (Phi) is 5.72. The molecule has 1 saturated carbocycles. The van der Waals surface area contributed by atoms with Crippen molar-refractivity contribution < 1.29 is 23.8 Å². The average molecular weight is 362 g/mol. The van der Waals surface area contributed by atoms with E-state index < -0.39 is 14.0 Å². The molecular weight excluding hydrogens is 336 g/mol. The third-order valence-electron chi connectivity index (χ3n) is 4.88. The fourth-order valence-corrected chi connectivity index (χ4v) is 5.33. The van der Waals surface area contributed by atoms with Gasteiger partial charge in [-0.05, 0) is 24.0 Å². The molecule has 0 atom stereocenters. The zero-order chi connectivity index (χ0) is 18.7. The number of carbonyl (C=O) groups excluding carboxylic acids is 2. The summed E-state index contributed by atoms with van der Waals surface area (Å²) in [6.45, 7) is 6.73. The Morgan fingerprint density at radius 2 is 1.80 bits per heavy atom. The summed E-state index contributed by atoms with van der Waals surface area (Å²) in [6.07, 6.45) is 3.18. The van der Waals surface area contributed by atoms with E-state index in [9.17, 15) is 9.59 Å². The van der Waals surface area contributed by atoms with Crippen molar-refractivity contribution >= 4 is 25.6 Å². The molecule has 0 unspecified atom stereocenters. The van der Waals surface area contributed by atoms with Gasteiger partial charge in [0.25, 0.3) is 0 Å². The topological polar surface area (TPSA) is 61.8 Å². The number of methoxy groups -OCH3 is 2. The van der Waals surface area contributed by atoms with Gasteiger partial charge in [-0.15, -0.1) is 0 Å². The quantitative estimate of drug-likeness (QED) is 0.320. The van der Waals surface area contributed by atoms with Crippen LogP contribution in [0.3, 0.4) is 0 Å². The molecule has 0 bridgehead atoms. The van der Waals surface area contributed by atoms with Gasteiger partial charge in [-0.25, -0.2) is 4.79 Å². The summed E-state index contributed by atoms with van der Waals surface area (Å²) in [5.41, 5.74) is 1.68. The predicted octanol–water partition coefficient (Wildman–Crippen LogP) is 3.76. The maximum absolute atomic E-state index is 12.6. The van der Waals surface area contributed by atoms with Gasteiger partial charge < -0.3 is 14.2 Å². The minimum absolute atomic E-state index is 0.114. The summed E-state index contributed by atoms with van der Waals surface area (Å²) in [6, 6.07) is 7.29. The van der Waals surface area contributed by atoms with Gasteiger partial charge in [0, 0.05) is 0 Å². The Labute approximate surface area is 150 Å². The van der Waals surface area contributed by atoms with Crippen molar-refractivity contribution in [3.8, 4) is 0 Å². The van der Waals surface area contributed by atoms with Crippen molar-refractivity contribution in [3.05, 3.63) is 41.7 Å². The molecule has 0 saturated heterocycles. The first kappa shape index (κ1) is 19.2. The van der Waals surface area contributed by atoms with E-state index in [1.807, 2.05) is 18.2 Å². The summed E-state index contributed by atoms with van der Waals surface area (Å²) in [7, 11) is 1.16. The Hall–Kier alpha value is -2.08. The van der Waals surface area contributed by atoms with Crippen molar-refractivity contribution in [2.45, 2.75) is 44.1 Å². The summed E-state index contributed by atoms with van der Waals surface area (Å²) in [5.74, 6) is -0.613. The van der Waals surface area contributed by atoms with Crippen molar-refractivity contribution in [1.29, 1.82) is 0 Å². The number of hydrogen-bond donors (Lipinski definition) is 0. The van der Waals surface area contributed by atoms with Gasteiger partial charge in [0.2, 0.25) is 0 Å². The standard InChI is InChI=1S/C19H26O5Si/c1-22-13-16(17(20)23-2)15-9-7-6-8-14(15)12-24-18(21)19(10-11-19)25(3,4)5/h6-9,13H,10-12H2,1-5H3/b16-13-. The smallest absolute Gasteiger partial charge is 0.341 e. The summed E-state index contributed by atoms with van der Waals surface area (Å²) in [4.78, 5) is 24.6. The first-order valence-corrected chi connectivity index (χ1v) is 11.8. The van der Waals surface area contributed by atoms with E-state index in [4.69, 9.17) is 14.2 Å². The monoisotopic (exact) mass is 362 g/mol. The van der Waals surface area contributed by atoms with Crippen molar-refractivity contribution in [1.82, 2.24) is 0 Å². The van der Waals surface area contributed by atoms with E-state index in [-0.39, 0.29) is 17.6 Å². The molecule has 1 aliphatic rings. The first-order valence-electron chi connectivity index (χ1n) is 8.33. The van der Waals surface area contributed by atoms with Crippen LogP contribution in [0.2, 0.25) is 24.7 Å². The van der Waals surface area contributed by atoms with E-state index in [0.717, 1.165) is 18.4 Å². The molecule has 6 heteroatoms. The van der Waals surface area contributed by atoms with Crippen LogP contribution in [0.5, 0.6) is 0 Å². The van der Waals surface area contributed by atoms with Gasteiger partial charge in [-0.3, -0.25) is 4.79 Å².